The molecule has 1 aromatic heterocycles. The molecule has 0 bridgehead atoms. The van der Waals surface area contributed by atoms with E-state index >= 15 is 0 Å². The molecule has 1 aromatic rings. The molecule has 78 valence electrons. The number of alkyl halides is 3. The normalized spacial score (nSPS) is 10.7. The molecule has 2 nitrogen and oxygen atoms in total. The molecular weight excluding hydrogens is 326 g/mol. The molecule has 0 saturated heterocycles. The largest absolute Gasteiger partial charge is 0.494 e. The lowest BCUT2D eigenvalue weighted by atomic mass is 10.2. The lowest BCUT2D eigenvalue weighted by molar-refractivity contribution is 0.149. The summed E-state index contributed by atoms with van der Waals surface area (Å²) in [4.78, 5) is 3.81. The minimum atomic E-state index is -2.55. The molecule has 0 spiro atoms. The first kappa shape index (κ1) is 11.9. The Kier molecular flexibility index (Phi) is 4.31. The van der Waals surface area contributed by atoms with Crippen LogP contribution in [-0.2, 0) is 5.88 Å². The summed E-state index contributed by atoms with van der Waals surface area (Å²) >= 11 is 7.38. The van der Waals surface area contributed by atoms with Gasteiger partial charge in [0.2, 0.25) is 0 Å². The Hall–Kier alpha value is -0.170. The minimum absolute atomic E-state index is 0.128. The van der Waals surface area contributed by atoms with Gasteiger partial charge in [-0.1, -0.05) is 0 Å². The van der Waals surface area contributed by atoms with Crippen LogP contribution < -0.4 is 4.74 Å². The van der Waals surface area contributed by atoms with Gasteiger partial charge in [0.1, 0.15) is 0 Å². The number of aromatic nitrogens is 1. The molecule has 0 amide bonds. The van der Waals surface area contributed by atoms with E-state index in [-0.39, 0.29) is 11.4 Å². The summed E-state index contributed by atoms with van der Waals surface area (Å²) in [6.45, 7) is 0. The summed E-state index contributed by atoms with van der Waals surface area (Å²) in [5, 5.41) is 0. The van der Waals surface area contributed by atoms with Crippen molar-refractivity contribution in [3.8, 4) is 5.75 Å². The van der Waals surface area contributed by atoms with Crippen LogP contribution in [0.25, 0.3) is 0 Å². The minimum Gasteiger partial charge on any atom is -0.494 e. The van der Waals surface area contributed by atoms with E-state index in [1.54, 1.807) is 22.6 Å². The maximum Gasteiger partial charge on any atom is 0.266 e. The van der Waals surface area contributed by atoms with Crippen LogP contribution in [0.4, 0.5) is 8.78 Å². The summed E-state index contributed by atoms with van der Waals surface area (Å²) in [6.07, 6.45) is -1.42. The predicted molar refractivity (Wildman–Crippen MR) is 58.0 cm³/mol. The van der Waals surface area contributed by atoms with E-state index < -0.39 is 6.43 Å². The highest BCUT2D eigenvalue weighted by Gasteiger charge is 2.18. The van der Waals surface area contributed by atoms with Gasteiger partial charge in [-0.15, -0.1) is 11.6 Å². The first-order valence-corrected chi connectivity index (χ1v) is 5.28. The fourth-order valence-electron chi connectivity index (χ4n) is 0.975. The maximum absolute atomic E-state index is 12.4. The van der Waals surface area contributed by atoms with Gasteiger partial charge in [-0.05, 0) is 22.6 Å². The van der Waals surface area contributed by atoms with Crippen LogP contribution in [0.5, 0.6) is 5.75 Å². The molecule has 0 aliphatic heterocycles. The molecule has 0 aromatic carbocycles. The van der Waals surface area contributed by atoms with Crippen molar-refractivity contribution >= 4 is 34.2 Å². The van der Waals surface area contributed by atoms with Crippen molar-refractivity contribution in [3.05, 3.63) is 21.0 Å². The first-order valence-electron chi connectivity index (χ1n) is 3.67. The van der Waals surface area contributed by atoms with Crippen molar-refractivity contribution < 1.29 is 13.5 Å². The average molecular weight is 334 g/mol. The summed E-state index contributed by atoms with van der Waals surface area (Å²) in [7, 11) is 1.41. The molecule has 0 radical (unpaired) electrons. The second-order valence-corrected chi connectivity index (χ2v) is 3.79. The van der Waals surface area contributed by atoms with Crippen molar-refractivity contribution in [2.24, 2.45) is 0 Å². The zero-order valence-corrected chi connectivity index (χ0v) is 10.1. The monoisotopic (exact) mass is 333 g/mol. The zero-order valence-electron chi connectivity index (χ0n) is 7.23. The second-order valence-electron chi connectivity index (χ2n) is 2.44. The van der Waals surface area contributed by atoms with Gasteiger partial charge < -0.3 is 4.74 Å². The third-order valence-electron chi connectivity index (χ3n) is 1.64. The topological polar surface area (TPSA) is 22.1 Å². The van der Waals surface area contributed by atoms with Gasteiger partial charge in [0, 0.05) is 6.20 Å². The highest BCUT2D eigenvalue weighted by Crippen LogP contribution is 2.32. The van der Waals surface area contributed by atoms with Crippen LogP contribution in [0.2, 0.25) is 0 Å². The van der Waals surface area contributed by atoms with E-state index in [2.05, 4.69) is 4.98 Å². The summed E-state index contributed by atoms with van der Waals surface area (Å²) < 4.78 is 30.2. The van der Waals surface area contributed by atoms with Gasteiger partial charge >= 0.3 is 0 Å². The van der Waals surface area contributed by atoms with Crippen LogP contribution in [0.3, 0.4) is 0 Å². The Bertz CT molecular complexity index is 335. The van der Waals surface area contributed by atoms with Gasteiger partial charge in [-0.2, -0.15) is 0 Å². The Morgan fingerprint density at radius 2 is 2.29 bits per heavy atom. The number of hydrogen-bond acceptors (Lipinski definition) is 2. The average Bonchev–Trinajstić information content (AvgIpc) is 2.16. The number of methoxy groups -OCH3 is 1. The highest BCUT2D eigenvalue weighted by molar-refractivity contribution is 14.1. The SMILES string of the molecule is COc1c(CCl)ncc(C(F)F)c1I. The predicted octanol–water partition coefficient (Wildman–Crippen LogP) is 3.37. The van der Waals surface area contributed by atoms with E-state index in [4.69, 9.17) is 16.3 Å². The van der Waals surface area contributed by atoms with E-state index in [1.165, 1.54) is 7.11 Å². The molecule has 0 atom stereocenters. The standard InChI is InChI=1S/C8H7ClF2INO/c1-14-7-5(2-9)13-3-4(6(7)12)8(10)11/h3,8H,2H2,1H3. The number of pyridine rings is 1. The molecule has 0 saturated carbocycles. The van der Waals surface area contributed by atoms with Crippen molar-refractivity contribution in [1.82, 2.24) is 4.98 Å². The fourth-order valence-corrected chi connectivity index (χ4v) is 2.07. The molecule has 1 rings (SSSR count). The summed E-state index contributed by atoms with van der Waals surface area (Å²) in [5.74, 6) is 0.473. The molecule has 0 fully saturated rings. The van der Waals surface area contributed by atoms with Crippen LogP contribution in [0, 0.1) is 3.57 Å². The smallest absolute Gasteiger partial charge is 0.266 e. The first-order chi connectivity index (χ1) is 6.61. The van der Waals surface area contributed by atoms with Gasteiger partial charge in [-0.3, -0.25) is 4.98 Å². The van der Waals surface area contributed by atoms with Gasteiger partial charge in [0.05, 0.1) is 27.8 Å². The molecule has 0 aliphatic rings. The lowest BCUT2D eigenvalue weighted by Crippen LogP contribution is -2.01. The molecule has 6 heteroatoms. The molecule has 1 heterocycles. The van der Waals surface area contributed by atoms with Crippen molar-refractivity contribution in [3.63, 3.8) is 0 Å². The van der Waals surface area contributed by atoms with E-state index in [0.29, 0.717) is 15.0 Å². The fraction of sp³-hybridized carbons (Fsp3) is 0.375. The zero-order chi connectivity index (χ0) is 10.7. The van der Waals surface area contributed by atoms with E-state index in [9.17, 15) is 8.78 Å². The van der Waals surface area contributed by atoms with Crippen LogP contribution in [-0.4, -0.2) is 12.1 Å². The number of halogens is 4. The van der Waals surface area contributed by atoms with Crippen molar-refractivity contribution in [1.29, 1.82) is 0 Å². The third kappa shape index (κ3) is 2.25. The number of hydrogen-bond donors (Lipinski definition) is 0. The van der Waals surface area contributed by atoms with Crippen molar-refractivity contribution in [2.45, 2.75) is 12.3 Å². The van der Waals surface area contributed by atoms with Gasteiger partial charge in [-0.25, -0.2) is 8.78 Å². The van der Waals surface area contributed by atoms with Gasteiger partial charge in [0.25, 0.3) is 6.43 Å². The van der Waals surface area contributed by atoms with Crippen LogP contribution in [0.1, 0.15) is 17.7 Å². The van der Waals surface area contributed by atoms with Crippen molar-refractivity contribution in [2.75, 3.05) is 7.11 Å². The third-order valence-corrected chi connectivity index (χ3v) is 3.01. The number of nitrogens with zero attached hydrogens (tertiary/aromatic N) is 1. The number of ether oxygens (including phenoxy) is 1. The van der Waals surface area contributed by atoms with E-state index in [0.717, 1.165) is 6.20 Å². The van der Waals surface area contributed by atoms with Crippen LogP contribution in [0.15, 0.2) is 6.20 Å². The van der Waals surface area contributed by atoms with Crippen LogP contribution >= 0.6 is 34.2 Å². The number of rotatable bonds is 3. The van der Waals surface area contributed by atoms with E-state index in [1.807, 2.05) is 0 Å². The molecule has 0 unspecified atom stereocenters. The summed E-state index contributed by atoms with van der Waals surface area (Å²) in [5.41, 5.74) is 0.347. The Labute approximate surface area is 98.8 Å². The Balaban J connectivity index is 3.27. The van der Waals surface area contributed by atoms with Gasteiger partial charge in [0.15, 0.2) is 5.75 Å². The molecule has 0 aliphatic carbocycles. The lowest BCUT2D eigenvalue weighted by Gasteiger charge is -2.10. The Morgan fingerprint density at radius 1 is 1.64 bits per heavy atom. The highest BCUT2D eigenvalue weighted by atomic mass is 127. The quantitative estimate of drug-likeness (QED) is 0.625. The summed E-state index contributed by atoms with van der Waals surface area (Å²) in [6, 6.07) is 0. The maximum atomic E-state index is 12.4. The molecule has 14 heavy (non-hydrogen) atoms. The second kappa shape index (κ2) is 5.06. The Morgan fingerprint density at radius 3 is 2.71 bits per heavy atom. The molecular formula is C8H7ClF2INO. The molecule has 0 N–H and O–H groups in total.